The summed E-state index contributed by atoms with van der Waals surface area (Å²) in [4.78, 5) is 23.2. The zero-order chi connectivity index (χ0) is 16.4. The number of piperidine rings is 1. The van der Waals surface area contributed by atoms with Gasteiger partial charge in [0.2, 0.25) is 0 Å². The molecule has 1 atom stereocenters. The van der Waals surface area contributed by atoms with Gasteiger partial charge in [-0.25, -0.2) is 9.97 Å². The number of carbonyl (C=O) groups excluding carboxylic acids is 1. The lowest BCUT2D eigenvalue weighted by atomic mass is 10.00. The molecule has 23 heavy (non-hydrogen) atoms. The summed E-state index contributed by atoms with van der Waals surface area (Å²) in [5.41, 5.74) is 0.411. The molecule has 1 saturated heterocycles. The van der Waals surface area contributed by atoms with Crippen LogP contribution in [0.25, 0.3) is 0 Å². The predicted octanol–water partition coefficient (Wildman–Crippen LogP) is 2.70. The van der Waals surface area contributed by atoms with Crippen LogP contribution in [0.4, 0.5) is 11.6 Å². The van der Waals surface area contributed by atoms with Gasteiger partial charge in [-0.05, 0) is 32.6 Å². The van der Waals surface area contributed by atoms with E-state index in [9.17, 15) is 4.79 Å². The molecule has 3 heterocycles. The van der Waals surface area contributed by atoms with Gasteiger partial charge in [0.15, 0.2) is 5.82 Å². The van der Waals surface area contributed by atoms with E-state index in [4.69, 9.17) is 4.52 Å². The van der Waals surface area contributed by atoms with E-state index in [0.29, 0.717) is 34.8 Å². The second-order valence-electron chi connectivity index (χ2n) is 6.13. The van der Waals surface area contributed by atoms with Gasteiger partial charge in [-0.15, -0.1) is 0 Å². The second-order valence-corrected chi connectivity index (χ2v) is 6.13. The highest BCUT2D eigenvalue weighted by Gasteiger charge is 2.23. The molecule has 2 aromatic rings. The molecule has 0 radical (unpaired) electrons. The normalized spacial score (nSPS) is 18.0. The minimum atomic E-state index is -0.0403. The predicted molar refractivity (Wildman–Crippen MR) is 85.6 cm³/mol. The molecule has 1 amide bonds. The van der Waals surface area contributed by atoms with Gasteiger partial charge in [-0.1, -0.05) is 12.1 Å². The van der Waals surface area contributed by atoms with Crippen LogP contribution in [0.15, 0.2) is 16.7 Å². The molecule has 122 valence electrons. The van der Waals surface area contributed by atoms with Crippen molar-refractivity contribution < 1.29 is 9.32 Å². The van der Waals surface area contributed by atoms with E-state index in [1.165, 1.54) is 6.42 Å². The number of aryl methyl sites for hydroxylation is 2. The van der Waals surface area contributed by atoms with E-state index in [1.807, 2.05) is 11.8 Å². The SMILES string of the molecule is Cc1nc(Nc2cc(C)on2)cc(C(=O)N2CCCC(C)C2)n1. The van der Waals surface area contributed by atoms with Crippen molar-refractivity contribution in [2.45, 2.75) is 33.6 Å². The molecular formula is C16H21N5O2. The molecule has 0 spiro atoms. The molecule has 1 aliphatic rings. The standard InChI is InChI=1S/C16H21N5O2/c1-10-5-4-6-21(9-10)16(22)13-8-14(18-12(3)17-13)19-15-7-11(2)23-20-15/h7-8,10H,4-6,9H2,1-3H3,(H,17,18,19,20). The highest BCUT2D eigenvalue weighted by molar-refractivity contribution is 5.93. The number of hydrogen-bond acceptors (Lipinski definition) is 6. The maximum atomic E-state index is 12.7. The molecular weight excluding hydrogens is 294 g/mol. The van der Waals surface area contributed by atoms with Gasteiger partial charge >= 0.3 is 0 Å². The average molecular weight is 315 g/mol. The van der Waals surface area contributed by atoms with Crippen LogP contribution >= 0.6 is 0 Å². The Morgan fingerprint density at radius 3 is 2.83 bits per heavy atom. The van der Waals surface area contributed by atoms with Crippen LogP contribution in [0.5, 0.6) is 0 Å². The van der Waals surface area contributed by atoms with Crippen molar-refractivity contribution in [3.8, 4) is 0 Å². The number of rotatable bonds is 3. The number of hydrogen-bond donors (Lipinski definition) is 1. The fourth-order valence-corrected chi connectivity index (χ4v) is 2.83. The molecule has 1 fully saturated rings. The number of likely N-dealkylation sites (tertiary alicyclic amines) is 1. The van der Waals surface area contributed by atoms with Crippen molar-refractivity contribution >= 4 is 17.5 Å². The van der Waals surface area contributed by atoms with E-state index >= 15 is 0 Å². The minimum absolute atomic E-state index is 0.0403. The van der Waals surface area contributed by atoms with Gasteiger partial charge in [0, 0.05) is 25.2 Å². The largest absolute Gasteiger partial charge is 0.360 e. The van der Waals surface area contributed by atoms with Crippen molar-refractivity contribution in [1.29, 1.82) is 0 Å². The first kappa shape index (κ1) is 15.5. The Bertz CT molecular complexity index is 712. The van der Waals surface area contributed by atoms with E-state index in [2.05, 4.69) is 27.4 Å². The van der Waals surface area contributed by atoms with Gasteiger partial charge in [-0.3, -0.25) is 4.79 Å². The van der Waals surface area contributed by atoms with Crippen molar-refractivity contribution in [1.82, 2.24) is 20.0 Å². The molecule has 0 saturated carbocycles. The van der Waals surface area contributed by atoms with Crippen LogP contribution in [-0.2, 0) is 0 Å². The first-order valence-electron chi connectivity index (χ1n) is 7.86. The summed E-state index contributed by atoms with van der Waals surface area (Å²) < 4.78 is 5.02. The number of nitrogens with one attached hydrogen (secondary N) is 1. The summed E-state index contributed by atoms with van der Waals surface area (Å²) >= 11 is 0. The van der Waals surface area contributed by atoms with Crippen LogP contribution in [-0.4, -0.2) is 39.0 Å². The number of amides is 1. The maximum absolute atomic E-state index is 12.7. The van der Waals surface area contributed by atoms with Crippen molar-refractivity contribution in [3.63, 3.8) is 0 Å². The molecule has 7 nitrogen and oxygen atoms in total. The van der Waals surface area contributed by atoms with Crippen molar-refractivity contribution in [2.75, 3.05) is 18.4 Å². The summed E-state index contributed by atoms with van der Waals surface area (Å²) in [5.74, 6) is 2.85. The Balaban J connectivity index is 1.80. The highest BCUT2D eigenvalue weighted by atomic mass is 16.5. The Hall–Kier alpha value is -2.44. The Kier molecular flexibility index (Phi) is 4.27. The zero-order valence-electron chi connectivity index (χ0n) is 13.7. The molecule has 2 aromatic heterocycles. The molecule has 0 bridgehead atoms. The lowest BCUT2D eigenvalue weighted by Crippen LogP contribution is -2.39. The third-order valence-electron chi connectivity index (χ3n) is 3.89. The maximum Gasteiger partial charge on any atom is 0.272 e. The smallest absolute Gasteiger partial charge is 0.272 e. The topological polar surface area (TPSA) is 84.2 Å². The Morgan fingerprint density at radius 2 is 2.13 bits per heavy atom. The molecule has 0 aliphatic carbocycles. The van der Waals surface area contributed by atoms with Crippen LogP contribution in [0.1, 0.15) is 41.8 Å². The molecule has 1 N–H and O–H groups in total. The van der Waals surface area contributed by atoms with Crippen LogP contribution in [0.2, 0.25) is 0 Å². The minimum Gasteiger partial charge on any atom is -0.360 e. The number of anilines is 2. The van der Waals surface area contributed by atoms with Crippen LogP contribution in [0.3, 0.4) is 0 Å². The molecule has 0 aromatic carbocycles. The zero-order valence-corrected chi connectivity index (χ0v) is 13.7. The van der Waals surface area contributed by atoms with E-state index < -0.39 is 0 Å². The summed E-state index contributed by atoms with van der Waals surface area (Å²) in [6.45, 7) is 7.33. The molecule has 1 unspecified atom stereocenters. The second kappa shape index (κ2) is 6.36. The summed E-state index contributed by atoms with van der Waals surface area (Å²) in [5, 5.41) is 6.92. The summed E-state index contributed by atoms with van der Waals surface area (Å²) in [6.07, 6.45) is 2.21. The summed E-state index contributed by atoms with van der Waals surface area (Å²) in [7, 11) is 0. The number of aromatic nitrogens is 3. The Labute approximate surface area is 135 Å². The average Bonchev–Trinajstić information content (AvgIpc) is 2.91. The van der Waals surface area contributed by atoms with Crippen molar-refractivity contribution in [2.24, 2.45) is 5.92 Å². The third-order valence-corrected chi connectivity index (χ3v) is 3.89. The summed E-state index contributed by atoms with van der Waals surface area (Å²) in [6, 6.07) is 3.43. The number of carbonyl (C=O) groups is 1. The highest BCUT2D eigenvalue weighted by Crippen LogP contribution is 2.19. The Morgan fingerprint density at radius 1 is 1.30 bits per heavy atom. The van der Waals surface area contributed by atoms with Gasteiger partial charge in [0.05, 0.1) is 0 Å². The van der Waals surface area contributed by atoms with E-state index in [-0.39, 0.29) is 5.91 Å². The lowest BCUT2D eigenvalue weighted by molar-refractivity contribution is 0.0676. The van der Waals surface area contributed by atoms with Crippen LogP contribution in [0, 0.1) is 19.8 Å². The fourth-order valence-electron chi connectivity index (χ4n) is 2.83. The van der Waals surface area contributed by atoms with Gasteiger partial charge in [0.1, 0.15) is 23.1 Å². The lowest BCUT2D eigenvalue weighted by Gasteiger charge is -2.30. The van der Waals surface area contributed by atoms with Gasteiger partial charge < -0.3 is 14.7 Å². The van der Waals surface area contributed by atoms with Crippen molar-refractivity contribution in [3.05, 3.63) is 29.4 Å². The molecule has 3 rings (SSSR count). The fraction of sp³-hybridized carbons (Fsp3) is 0.500. The quantitative estimate of drug-likeness (QED) is 0.937. The van der Waals surface area contributed by atoms with E-state index in [1.54, 1.807) is 19.1 Å². The third kappa shape index (κ3) is 3.67. The van der Waals surface area contributed by atoms with Crippen LogP contribution < -0.4 is 5.32 Å². The first-order valence-corrected chi connectivity index (χ1v) is 7.86. The molecule has 7 heteroatoms. The molecule has 1 aliphatic heterocycles. The van der Waals surface area contributed by atoms with Gasteiger partial charge in [-0.2, -0.15) is 0 Å². The first-order chi connectivity index (χ1) is 11.0. The van der Waals surface area contributed by atoms with Gasteiger partial charge in [0.25, 0.3) is 5.91 Å². The van der Waals surface area contributed by atoms with E-state index in [0.717, 1.165) is 19.5 Å². The number of nitrogens with zero attached hydrogens (tertiary/aromatic N) is 4. The monoisotopic (exact) mass is 315 g/mol.